The number of carbonyl (C=O) groups excluding carboxylic acids is 1. The SMILES string of the molecule is O=C(Cc1ccccn1)N1CCC2(CC1)CN(Cc1ccncc1)Cc1ccccc12. The van der Waals surface area contributed by atoms with Crippen LogP contribution in [0.15, 0.2) is 73.2 Å². The monoisotopic (exact) mass is 412 g/mol. The van der Waals surface area contributed by atoms with Crippen molar-refractivity contribution < 1.29 is 4.79 Å². The Morgan fingerprint density at radius 3 is 2.48 bits per heavy atom. The minimum absolute atomic E-state index is 0.115. The standard InChI is InChI=1S/C26H28N4O/c31-25(17-23-6-3-4-12-28-23)30-15-10-26(11-16-30)20-29(18-21-8-13-27-14-9-21)19-22-5-1-2-7-24(22)26/h1-9,12-14H,10-11,15-20H2. The quantitative estimate of drug-likeness (QED) is 0.657. The first kappa shape index (κ1) is 19.9. The summed E-state index contributed by atoms with van der Waals surface area (Å²) in [6.07, 6.45) is 7.89. The lowest BCUT2D eigenvalue weighted by Crippen LogP contribution is -2.53. The van der Waals surface area contributed by atoms with Gasteiger partial charge in [-0.25, -0.2) is 0 Å². The van der Waals surface area contributed by atoms with Gasteiger partial charge < -0.3 is 4.90 Å². The Kier molecular flexibility index (Phi) is 5.51. The van der Waals surface area contributed by atoms with Crippen LogP contribution in [0.1, 0.15) is 35.2 Å². The Hall–Kier alpha value is -3.05. The van der Waals surface area contributed by atoms with Gasteiger partial charge in [-0.15, -0.1) is 0 Å². The van der Waals surface area contributed by atoms with E-state index in [0.29, 0.717) is 6.42 Å². The number of benzene rings is 1. The molecule has 0 saturated carbocycles. The Balaban J connectivity index is 1.32. The van der Waals surface area contributed by atoms with E-state index in [-0.39, 0.29) is 11.3 Å². The predicted molar refractivity (Wildman–Crippen MR) is 120 cm³/mol. The number of fused-ring (bicyclic) bond motifs is 2. The number of piperidine rings is 1. The molecule has 0 aliphatic carbocycles. The lowest BCUT2D eigenvalue weighted by Gasteiger charge is -2.49. The lowest BCUT2D eigenvalue weighted by molar-refractivity contribution is -0.132. The molecule has 0 radical (unpaired) electrons. The van der Waals surface area contributed by atoms with Crippen molar-refractivity contribution in [2.24, 2.45) is 0 Å². The number of pyridine rings is 2. The molecular formula is C26H28N4O. The van der Waals surface area contributed by atoms with Crippen LogP contribution in [0.3, 0.4) is 0 Å². The van der Waals surface area contributed by atoms with E-state index in [1.54, 1.807) is 6.20 Å². The highest BCUT2D eigenvalue weighted by atomic mass is 16.2. The van der Waals surface area contributed by atoms with Crippen molar-refractivity contribution in [3.8, 4) is 0 Å². The molecule has 4 heterocycles. The van der Waals surface area contributed by atoms with Gasteiger partial charge in [-0.05, 0) is 53.8 Å². The van der Waals surface area contributed by atoms with Crippen LogP contribution < -0.4 is 0 Å². The van der Waals surface area contributed by atoms with Gasteiger partial charge >= 0.3 is 0 Å². The van der Waals surface area contributed by atoms with Gasteiger partial charge in [0.1, 0.15) is 0 Å². The molecule has 5 heteroatoms. The van der Waals surface area contributed by atoms with E-state index in [1.807, 2.05) is 35.5 Å². The van der Waals surface area contributed by atoms with Crippen molar-refractivity contribution in [2.45, 2.75) is 37.8 Å². The number of likely N-dealkylation sites (tertiary alicyclic amines) is 1. The largest absolute Gasteiger partial charge is 0.342 e. The van der Waals surface area contributed by atoms with E-state index >= 15 is 0 Å². The summed E-state index contributed by atoms with van der Waals surface area (Å²) in [4.78, 5) is 25.9. The topological polar surface area (TPSA) is 49.3 Å². The molecule has 5 rings (SSSR count). The Morgan fingerprint density at radius 2 is 1.71 bits per heavy atom. The highest BCUT2D eigenvalue weighted by molar-refractivity contribution is 5.78. The summed E-state index contributed by atoms with van der Waals surface area (Å²) in [6, 6.07) is 18.9. The van der Waals surface area contributed by atoms with Crippen molar-refractivity contribution in [2.75, 3.05) is 19.6 Å². The van der Waals surface area contributed by atoms with E-state index in [1.165, 1.54) is 16.7 Å². The van der Waals surface area contributed by atoms with E-state index in [2.05, 4.69) is 51.3 Å². The summed E-state index contributed by atoms with van der Waals surface area (Å²) in [5.74, 6) is 0.186. The summed E-state index contributed by atoms with van der Waals surface area (Å²) < 4.78 is 0. The maximum Gasteiger partial charge on any atom is 0.228 e. The van der Waals surface area contributed by atoms with Crippen LogP contribution in [-0.2, 0) is 29.7 Å². The second-order valence-electron chi connectivity index (χ2n) is 8.82. The average Bonchev–Trinajstić information content (AvgIpc) is 2.81. The fraction of sp³-hybridized carbons (Fsp3) is 0.346. The van der Waals surface area contributed by atoms with Crippen LogP contribution in [-0.4, -0.2) is 45.3 Å². The van der Waals surface area contributed by atoms with Crippen molar-refractivity contribution >= 4 is 5.91 Å². The summed E-state index contributed by atoms with van der Waals surface area (Å²) in [5.41, 5.74) is 5.17. The summed E-state index contributed by atoms with van der Waals surface area (Å²) in [6.45, 7) is 4.56. The van der Waals surface area contributed by atoms with Crippen LogP contribution in [0, 0.1) is 0 Å². The number of rotatable bonds is 4. The average molecular weight is 413 g/mol. The smallest absolute Gasteiger partial charge is 0.228 e. The number of carbonyl (C=O) groups is 1. The van der Waals surface area contributed by atoms with Gasteiger partial charge in [-0.1, -0.05) is 30.3 Å². The van der Waals surface area contributed by atoms with Crippen molar-refractivity contribution in [1.82, 2.24) is 19.8 Å². The summed E-state index contributed by atoms with van der Waals surface area (Å²) >= 11 is 0. The third kappa shape index (κ3) is 4.23. The normalized spacial score (nSPS) is 18.0. The third-order valence-electron chi connectivity index (χ3n) is 6.80. The molecule has 0 atom stereocenters. The van der Waals surface area contributed by atoms with E-state index in [9.17, 15) is 4.79 Å². The van der Waals surface area contributed by atoms with E-state index in [4.69, 9.17) is 0 Å². The molecule has 2 aromatic heterocycles. The van der Waals surface area contributed by atoms with Gasteiger partial charge in [0.2, 0.25) is 5.91 Å². The zero-order valence-electron chi connectivity index (χ0n) is 17.8. The van der Waals surface area contributed by atoms with Crippen LogP contribution >= 0.6 is 0 Å². The first-order valence-corrected chi connectivity index (χ1v) is 11.1. The highest BCUT2D eigenvalue weighted by Crippen LogP contribution is 2.42. The van der Waals surface area contributed by atoms with Gasteiger partial charge in [-0.3, -0.25) is 19.7 Å². The molecule has 31 heavy (non-hydrogen) atoms. The third-order valence-corrected chi connectivity index (χ3v) is 6.80. The zero-order chi connectivity index (χ0) is 21.1. The maximum atomic E-state index is 12.9. The molecule has 1 aromatic carbocycles. The summed E-state index contributed by atoms with van der Waals surface area (Å²) in [5, 5.41) is 0. The van der Waals surface area contributed by atoms with Crippen molar-refractivity contribution in [3.05, 3.63) is 95.6 Å². The van der Waals surface area contributed by atoms with Gasteiger partial charge in [0.15, 0.2) is 0 Å². The molecular weight excluding hydrogens is 384 g/mol. The maximum absolute atomic E-state index is 12.9. The molecule has 2 aliphatic heterocycles. The van der Waals surface area contributed by atoms with Gasteiger partial charge in [0.25, 0.3) is 0 Å². The Morgan fingerprint density at radius 1 is 0.935 bits per heavy atom. The van der Waals surface area contributed by atoms with Crippen molar-refractivity contribution in [1.29, 1.82) is 0 Å². The molecule has 0 bridgehead atoms. The van der Waals surface area contributed by atoms with Gasteiger partial charge in [0.05, 0.1) is 6.42 Å². The van der Waals surface area contributed by atoms with E-state index < -0.39 is 0 Å². The van der Waals surface area contributed by atoms with Gasteiger partial charge in [0, 0.05) is 62.4 Å². The number of hydrogen-bond donors (Lipinski definition) is 0. The Bertz CT molecular complexity index is 1030. The zero-order valence-corrected chi connectivity index (χ0v) is 17.8. The van der Waals surface area contributed by atoms with Crippen LogP contribution in [0.5, 0.6) is 0 Å². The minimum atomic E-state index is 0.115. The molecule has 2 aliphatic rings. The second kappa shape index (κ2) is 8.60. The Labute approximate surface area is 183 Å². The van der Waals surface area contributed by atoms with Crippen LogP contribution in [0.2, 0.25) is 0 Å². The number of aromatic nitrogens is 2. The molecule has 1 saturated heterocycles. The minimum Gasteiger partial charge on any atom is -0.342 e. The first-order valence-electron chi connectivity index (χ1n) is 11.1. The highest BCUT2D eigenvalue weighted by Gasteiger charge is 2.42. The second-order valence-corrected chi connectivity index (χ2v) is 8.82. The fourth-order valence-electron chi connectivity index (χ4n) is 5.22. The van der Waals surface area contributed by atoms with Crippen LogP contribution in [0.4, 0.5) is 0 Å². The molecule has 1 amide bonds. The van der Waals surface area contributed by atoms with E-state index in [0.717, 1.165) is 51.3 Å². The number of hydrogen-bond acceptors (Lipinski definition) is 4. The molecule has 3 aromatic rings. The lowest BCUT2D eigenvalue weighted by atomic mass is 9.68. The van der Waals surface area contributed by atoms with Gasteiger partial charge in [-0.2, -0.15) is 0 Å². The fourth-order valence-corrected chi connectivity index (χ4v) is 5.22. The molecule has 0 N–H and O–H groups in total. The van der Waals surface area contributed by atoms with Crippen LogP contribution in [0.25, 0.3) is 0 Å². The molecule has 5 nitrogen and oxygen atoms in total. The summed E-state index contributed by atoms with van der Waals surface area (Å²) in [7, 11) is 0. The predicted octanol–water partition coefficient (Wildman–Crippen LogP) is 3.60. The molecule has 0 unspecified atom stereocenters. The molecule has 158 valence electrons. The molecule has 1 fully saturated rings. The first-order chi connectivity index (χ1) is 15.2. The number of nitrogens with zero attached hydrogens (tertiary/aromatic N) is 4. The molecule has 1 spiro atoms. The van der Waals surface area contributed by atoms with Crippen molar-refractivity contribution in [3.63, 3.8) is 0 Å². The number of amides is 1.